The molecular weight excluding hydrogens is 487 g/mol. The first kappa shape index (κ1) is 21.1. The number of benzene rings is 2. The van der Waals surface area contributed by atoms with E-state index in [0.29, 0.717) is 22.3 Å². The second-order valence-corrected chi connectivity index (χ2v) is 6.90. The van der Waals surface area contributed by atoms with E-state index in [4.69, 9.17) is 21.1 Å². The van der Waals surface area contributed by atoms with Crippen LogP contribution in [-0.2, 0) is 9.53 Å². The van der Waals surface area contributed by atoms with E-state index < -0.39 is 18.1 Å². The molecule has 1 atom stereocenters. The van der Waals surface area contributed by atoms with E-state index in [1.165, 1.54) is 0 Å². The molecule has 7 nitrogen and oxygen atoms in total. The maximum Gasteiger partial charge on any atom is 0.426 e. The molecule has 2 aromatic carbocycles. The normalized spacial score (nSPS) is 11.3. The number of nitrogens with one attached hydrogen (secondary N) is 2. The van der Waals surface area contributed by atoms with Crippen LogP contribution in [0.25, 0.3) is 0 Å². The largest absolute Gasteiger partial charge is 0.481 e. The van der Waals surface area contributed by atoms with Crippen LogP contribution in [0.15, 0.2) is 42.5 Å². The van der Waals surface area contributed by atoms with Gasteiger partial charge in [-0.25, -0.2) is 10.2 Å². The first-order valence-corrected chi connectivity index (χ1v) is 9.47. The van der Waals surface area contributed by atoms with Crippen molar-refractivity contribution in [1.29, 1.82) is 0 Å². The van der Waals surface area contributed by atoms with Crippen LogP contribution in [0.4, 0.5) is 4.79 Å². The molecule has 0 radical (unpaired) electrons. The minimum Gasteiger partial charge on any atom is -0.481 e. The summed E-state index contributed by atoms with van der Waals surface area (Å²) in [5, 5.41) is 0.515. The Hall–Kier alpha value is -2.20. The van der Waals surface area contributed by atoms with Crippen molar-refractivity contribution < 1.29 is 23.8 Å². The van der Waals surface area contributed by atoms with E-state index in [0.717, 1.165) is 3.57 Å². The lowest BCUT2D eigenvalue weighted by Gasteiger charge is -2.15. The molecule has 0 bridgehead atoms. The van der Waals surface area contributed by atoms with Crippen LogP contribution in [0.5, 0.6) is 17.2 Å². The molecule has 0 aliphatic rings. The minimum atomic E-state index is -0.829. The van der Waals surface area contributed by atoms with Gasteiger partial charge in [-0.3, -0.25) is 10.2 Å². The van der Waals surface area contributed by atoms with Gasteiger partial charge in [0.1, 0.15) is 17.2 Å². The number of amides is 2. The number of halogens is 2. The molecule has 9 heteroatoms. The fourth-order valence-electron chi connectivity index (χ4n) is 1.91. The molecule has 0 unspecified atom stereocenters. The topological polar surface area (TPSA) is 85.9 Å². The van der Waals surface area contributed by atoms with E-state index in [1.807, 2.05) is 6.07 Å². The summed E-state index contributed by atoms with van der Waals surface area (Å²) in [7, 11) is 0. The van der Waals surface area contributed by atoms with Crippen LogP contribution in [0, 0.1) is 3.57 Å². The highest BCUT2D eigenvalue weighted by Gasteiger charge is 2.15. The molecule has 2 amide bonds. The van der Waals surface area contributed by atoms with E-state index in [-0.39, 0.29) is 6.61 Å². The van der Waals surface area contributed by atoms with E-state index in [1.54, 1.807) is 50.2 Å². The van der Waals surface area contributed by atoms with E-state index in [9.17, 15) is 9.59 Å². The zero-order valence-corrected chi connectivity index (χ0v) is 17.5. The van der Waals surface area contributed by atoms with Gasteiger partial charge in [0.15, 0.2) is 6.10 Å². The molecule has 0 heterocycles. The molecule has 27 heavy (non-hydrogen) atoms. The molecule has 144 valence electrons. The predicted octanol–water partition coefficient (Wildman–Crippen LogP) is 4.28. The van der Waals surface area contributed by atoms with Gasteiger partial charge in [-0.15, -0.1) is 0 Å². The van der Waals surface area contributed by atoms with Crippen molar-refractivity contribution >= 4 is 46.2 Å². The minimum absolute atomic E-state index is 0.204. The van der Waals surface area contributed by atoms with Crippen molar-refractivity contribution in [2.45, 2.75) is 20.0 Å². The molecule has 0 aromatic heterocycles. The van der Waals surface area contributed by atoms with Crippen LogP contribution in [0.1, 0.15) is 13.8 Å². The van der Waals surface area contributed by atoms with Crippen molar-refractivity contribution in [2.75, 3.05) is 6.61 Å². The summed E-state index contributed by atoms with van der Waals surface area (Å²) in [5.41, 5.74) is 4.34. The molecular formula is C18H18ClIN2O5. The van der Waals surface area contributed by atoms with Crippen molar-refractivity contribution in [3.63, 3.8) is 0 Å². The van der Waals surface area contributed by atoms with Crippen LogP contribution in [0.3, 0.4) is 0 Å². The third kappa shape index (κ3) is 6.79. The van der Waals surface area contributed by atoms with E-state index >= 15 is 0 Å². The summed E-state index contributed by atoms with van der Waals surface area (Å²) >= 11 is 8.32. The Morgan fingerprint density at radius 1 is 1.11 bits per heavy atom. The Morgan fingerprint density at radius 2 is 1.78 bits per heavy atom. The molecule has 0 saturated heterocycles. The lowest BCUT2D eigenvalue weighted by atomic mass is 10.3. The van der Waals surface area contributed by atoms with Gasteiger partial charge >= 0.3 is 6.09 Å². The number of hydrazine groups is 1. The molecule has 2 aromatic rings. The van der Waals surface area contributed by atoms with Gasteiger partial charge in [0.05, 0.1) is 11.6 Å². The summed E-state index contributed by atoms with van der Waals surface area (Å²) < 4.78 is 16.9. The van der Waals surface area contributed by atoms with Crippen molar-refractivity contribution in [2.24, 2.45) is 0 Å². The third-order valence-corrected chi connectivity index (χ3v) is 4.16. The SMILES string of the molecule is CCOC(=O)NNC(=O)[C@@H](C)Oc1ccc(Oc2ccc(I)cc2Cl)cc1. The molecule has 0 aliphatic heterocycles. The molecule has 0 saturated carbocycles. The van der Waals surface area contributed by atoms with Gasteiger partial charge in [-0.2, -0.15) is 0 Å². The van der Waals surface area contributed by atoms with Crippen LogP contribution >= 0.6 is 34.2 Å². The molecule has 0 aliphatic carbocycles. The highest BCUT2D eigenvalue weighted by molar-refractivity contribution is 14.1. The fourth-order valence-corrected chi connectivity index (χ4v) is 2.80. The molecule has 2 N–H and O–H groups in total. The third-order valence-electron chi connectivity index (χ3n) is 3.19. The highest BCUT2D eigenvalue weighted by atomic mass is 127. The number of ether oxygens (including phenoxy) is 3. The first-order chi connectivity index (χ1) is 12.9. The van der Waals surface area contributed by atoms with Crippen molar-refractivity contribution in [1.82, 2.24) is 10.9 Å². The highest BCUT2D eigenvalue weighted by Crippen LogP contribution is 2.31. The lowest BCUT2D eigenvalue weighted by Crippen LogP contribution is -2.47. The number of carbonyl (C=O) groups is 2. The monoisotopic (exact) mass is 504 g/mol. The quantitative estimate of drug-likeness (QED) is 0.453. The average molecular weight is 505 g/mol. The van der Waals surface area contributed by atoms with Gasteiger partial charge in [0, 0.05) is 3.57 Å². The van der Waals surface area contributed by atoms with Gasteiger partial charge < -0.3 is 14.2 Å². The second-order valence-electron chi connectivity index (χ2n) is 5.24. The zero-order chi connectivity index (χ0) is 19.8. The van der Waals surface area contributed by atoms with Crippen LogP contribution in [0.2, 0.25) is 5.02 Å². The predicted molar refractivity (Wildman–Crippen MR) is 109 cm³/mol. The van der Waals surface area contributed by atoms with E-state index in [2.05, 4.69) is 38.2 Å². The van der Waals surface area contributed by atoms with Crippen molar-refractivity contribution in [3.05, 3.63) is 51.1 Å². The fraction of sp³-hybridized carbons (Fsp3) is 0.222. The number of hydrogen-bond acceptors (Lipinski definition) is 5. The summed E-state index contributed by atoms with van der Waals surface area (Å²) in [6, 6.07) is 12.2. The Labute approximate surface area is 175 Å². The summed E-state index contributed by atoms with van der Waals surface area (Å²) in [6.45, 7) is 3.42. The Balaban J connectivity index is 1.89. The number of carbonyl (C=O) groups excluding carboxylic acids is 2. The Morgan fingerprint density at radius 3 is 2.41 bits per heavy atom. The summed E-state index contributed by atoms with van der Waals surface area (Å²) in [5.74, 6) is 1.07. The van der Waals surface area contributed by atoms with Gasteiger partial charge in [0.25, 0.3) is 5.91 Å². The average Bonchev–Trinajstić information content (AvgIpc) is 2.63. The Bertz CT molecular complexity index is 801. The summed E-state index contributed by atoms with van der Waals surface area (Å²) in [4.78, 5) is 23.0. The van der Waals surface area contributed by atoms with Crippen LogP contribution in [-0.4, -0.2) is 24.7 Å². The molecule has 0 fully saturated rings. The molecule has 0 spiro atoms. The standard InChI is InChI=1S/C18H18ClIN2O5/c1-3-25-18(24)22-21-17(23)11(2)26-13-5-7-14(8-6-13)27-16-9-4-12(20)10-15(16)19/h4-11H,3H2,1-2H3,(H,21,23)(H,22,24)/t11-/m1/s1. The van der Waals surface area contributed by atoms with Crippen LogP contribution < -0.4 is 20.3 Å². The Kier molecular flexibility index (Phi) is 7.99. The summed E-state index contributed by atoms with van der Waals surface area (Å²) in [6.07, 6.45) is -1.57. The second kappa shape index (κ2) is 10.2. The number of hydrogen-bond donors (Lipinski definition) is 2. The maximum absolute atomic E-state index is 11.9. The number of rotatable bonds is 6. The lowest BCUT2D eigenvalue weighted by molar-refractivity contribution is -0.128. The van der Waals surface area contributed by atoms with Gasteiger partial charge in [-0.05, 0) is 78.9 Å². The molecule has 2 rings (SSSR count). The van der Waals surface area contributed by atoms with Gasteiger partial charge in [-0.1, -0.05) is 11.6 Å². The van der Waals surface area contributed by atoms with Crippen molar-refractivity contribution in [3.8, 4) is 17.2 Å². The van der Waals surface area contributed by atoms with Gasteiger partial charge in [0.2, 0.25) is 0 Å². The maximum atomic E-state index is 11.9. The first-order valence-electron chi connectivity index (χ1n) is 8.01. The zero-order valence-electron chi connectivity index (χ0n) is 14.6. The smallest absolute Gasteiger partial charge is 0.426 e.